The summed E-state index contributed by atoms with van der Waals surface area (Å²) in [4.78, 5) is 10.3. The summed E-state index contributed by atoms with van der Waals surface area (Å²) in [5.74, 6) is 0. The Kier molecular flexibility index (Phi) is 1.46. The highest BCUT2D eigenvalue weighted by Crippen LogP contribution is 2.33. The van der Waals surface area contributed by atoms with Crippen molar-refractivity contribution >= 4 is 17.1 Å². The normalized spacial score (nSPS) is 13.1. The number of nitroso groups, excluding NO2 is 1. The molecule has 1 aliphatic rings. The van der Waals surface area contributed by atoms with E-state index in [0.717, 1.165) is 23.6 Å². The summed E-state index contributed by atoms with van der Waals surface area (Å²) in [6.07, 6.45) is 0. The maximum absolute atomic E-state index is 10.3. The fourth-order valence-corrected chi connectivity index (χ4v) is 1.32. The van der Waals surface area contributed by atoms with E-state index < -0.39 is 0 Å². The van der Waals surface area contributed by atoms with Gasteiger partial charge in [-0.3, -0.25) is 0 Å². The number of hydrogen-bond donors (Lipinski definition) is 2. The Labute approximate surface area is 69.9 Å². The molecule has 4 heteroatoms. The van der Waals surface area contributed by atoms with E-state index >= 15 is 0 Å². The van der Waals surface area contributed by atoms with Gasteiger partial charge in [-0.15, -0.1) is 4.91 Å². The molecule has 0 saturated heterocycles. The first-order valence-corrected chi connectivity index (χ1v) is 3.77. The van der Waals surface area contributed by atoms with Gasteiger partial charge in [-0.05, 0) is 29.8 Å². The number of benzene rings is 1. The molecule has 1 aromatic rings. The highest BCUT2D eigenvalue weighted by atomic mass is 16.3. The Bertz CT molecular complexity index is 335. The van der Waals surface area contributed by atoms with Crippen LogP contribution in [0.1, 0.15) is 5.56 Å². The molecule has 2 rings (SSSR count). The Morgan fingerprint density at radius 3 is 2.67 bits per heavy atom. The van der Waals surface area contributed by atoms with Gasteiger partial charge in [-0.25, -0.2) is 0 Å². The maximum atomic E-state index is 10.3. The van der Waals surface area contributed by atoms with Gasteiger partial charge in [0.25, 0.3) is 0 Å². The average molecular weight is 163 g/mol. The van der Waals surface area contributed by atoms with Gasteiger partial charge < -0.3 is 10.6 Å². The van der Waals surface area contributed by atoms with Crippen molar-refractivity contribution in [2.75, 3.05) is 17.3 Å². The second kappa shape index (κ2) is 2.48. The van der Waals surface area contributed by atoms with Gasteiger partial charge in [0.2, 0.25) is 0 Å². The van der Waals surface area contributed by atoms with Crippen molar-refractivity contribution in [1.82, 2.24) is 0 Å². The zero-order chi connectivity index (χ0) is 8.55. The first-order valence-electron chi connectivity index (χ1n) is 3.77. The molecule has 0 fully saturated rings. The second-order valence-electron chi connectivity index (χ2n) is 2.81. The van der Waals surface area contributed by atoms with E-state index in [1.54, 1.807) is 6.07 Å². The predicted molar refractivity (Wildman–Crippen MR) is 48.7 cm³/mol. The first kappa shape index (κ1) is 7.09. The predicted octanol–water partition coefficient (Wildman–Crippen LogP) is 2.19. The number of aryl methyl sites for hydroxylation is 1. The topological polar surface area (TPSA) is 53.5 Å². The quantitative estimate of drug-likeness (QED) is 0.624. The Hall–Kier alpha value is -1.58. The lowest BCUT2D eigenvalue weighted by Gasteiger charge is -2.01. The largest absolute Gasteiger partial charge is 0.366 e. The maximum Gasteiger partial charge on any atom is 0.113 e. The van der Waals surface area contributed by atoms with E-state index in [-0.39, 0.29) is 0 Å². The van der Waals surface area contributed by atoms with E-state index in [1.165, 1.54) is 0 Å². The van der Waals surface area contributed by atoms with Crippen molar-refractivity contribution in [2.24, 2.45) is 5.18 Å². The average Bonchev–Trinajstić information content (AvgIpc) is 2.49. The number of nitrogens with one attached hydrogen (secondary N) is 2. The number of rotatable bonds is 1. The SMILES string of the molecule is Cc1cc2c(cc1N=O)NCN2. The second-order valence-corrected chi connectivity index (χ2v) is 2.81. The summed E-state index contributed by atoms with van der Waals surface area (Å²) in [5, 5.41) is 9.16. The fourth-order valence-electron chi connectivity index (χ4n) is 1.32. The van der Waals surface area contributed by atoms with E-state index in [1.807, 2.05) is 13.0 Å². The number of hydrogen-bond acceptors (Lipinski definition) is 4. The van der Waals surface area contributed by atoms with Crippen molar-refractivity contribution < 1.29 is 0 Å². The van der Waals surface area contributed by atoms with Crippen molar-refractivity contribution in [3.63, 3.8) is 0 Å². The molecule has 0 aromatic heterocycles. The van der Waals surface area contributed by atoms with E-state index in [0.29, 0.717) is 5.69 Å². The highest BCUT2D eigenvalue weighted by molar-refractivity contribution is 5.78. The smallest absolute Gasteiger partial charge is 0.113 e. The van der Waals surface area contributed by atoms with Crippen LogP contribution in [0, 0.1) is 11.8 Å². The van der Waals surface area contributed by atoms with Crippen LogP contribution in [0.5, 0.6) is 0 Å². The van der Waals surface area contributed by atoms with Crippen molar-refractivity contribution in [3.8, 4) is 0 Å². The molecule has 0 atom stereocenters. The molecule has 0 unspecified atom stereocenters. The fraction of sp³-hybridized carbons (Fsp3) is 0.250. The number of anilines is 2. The lowest BCUT2D eigenvalue weighted by Crippen LogP contribution is -1.98. The minimum atomic E-state index is 0.505. The molecule has 2 N–H and O–H groups in total. The van der Waals surface area contributed by atoms with Crippen LogP contribution in [0.25, 0.3) is 0 Å². The van der Waals surface area contributed by atoms with Crippen LogP contribution in [-0.4, -0.2) is 6.67 Å². The van der Waals surface area contributed by atoms with Gasteiger partial charge in [0.1, 0.15) is 5.69 Å². The third-order valence-corrected chi connectivity index (χ3v) is 1.99. The van der Waals surface area contributed by atoms with Crippen LogP contribution >= 0.6 is 0 Å². The van der Waals surface area contributed by atoms with Crippen LogP contribution in [0.2, 0.25) is 0 Å². The monoisotopic (exact) mass is 163 g/mol. The van der Waals surface area contributed by atoms with Gasteiger partial charge in [0, 0.05) is 0 Å². The number of nitrogens with zero attached hydrogens (tertiary/aromatic N) is 1. The van der Waals surface area contributed by atoms with Gasteiger partial charge in [0.15, 0.2) is 0 Å². The van der Waals surface area contributed by atoms with E-state index in [2.05, 4.69) is 15.8 Å². The summed E-state index contributed by atoms with van der Waals surface area (Å²) in [5.41, 5.74) is 3.40. The van der Waals surface area contributed by atoms with Gasteiger partial charge in [0.05, 0.1) is 18.0 Å². The molecule has 12 heavy (non-hydrogen) atoms. The zero-order valence-corrected chi connectivity index (χ0v) is 6.72. The molecule has 0 aliphatic carbocycles. The molecule has 0 bridgehead atoms. The van der Waals surface area contributed by atoms with Crippen LogP contribution in [0.3, 0.4) is 0 Å². The highest BCUT2D eigenvalue weighted by Gasteiger charge is 2.11. The van der Waals surface area contributed by atoms with Gasteiger partial charge >= 0.3 is 0 Å². The lowest BCUT2D eigenvalue weighted by molar-refractivity contribution is 1.31. The molecule has 62 valence electrons. The van der Waals surface area contributed by atoms with Crippen molar-refractivity contribution in [3.05, 3.63) is 22.6 Å². The molecular weight excluding hydrogens is 154 g/mol. The summed E-state index contributed by atoms with van der Waals surface area (Å²) >= 11 is 0. The molecule has 0 spiro atoms. The van der Waals surface area contributed by atoms with E-state index in [4.69, 9.17) is 0 Å². The van der Waals surface area contributed by atoms with Crippen LogP contribution < -0.4 is 10.6 Å². The standard InChI is InChI=1S/C8H9N3O/c1-5-2-7-8(10-4-9-7)3-6(5)11-12/h2-3,9-10H,4H2,1H3. The molecule has 0 amide bonds. The van der Waals surface area contributed by atoms with Crippen LogP contribution in [0.15, 0.2) is 17.3 Å². The molecule has 0 radical (unpaired) electrons. The van der Waals surface area contributed by atoms with E-state index in [9.17, 15) is 4.91 Å². The minimum absolute atomic E-state index is 0.505. The lowest BCUT2D eigenvalue weighted by atomic mass is 10.1. The zero-order valence-electron chi connectivity index (χ0n) is 6.72. The summed E-state index contributed by atoms with van der Waals surface area (Å²) in [6, 6.07) is 3.68. The van der Waals surface area contributed by atoms with Crippen LogP contribution in [0.4, 0.5) is 17.1 Å². The van der Waals surface area contributed by atoms with Crippen molar-refractivity contribution in [1.29, 1.82) is 0 Å². The molecule has 1 heterocycles. The molecule has 1 aromatic carbocycles. The first-order chi connectivity index (χ1) is 5.81. The Morgan fingerprint density at radius 2 is 2.00 bits per heavy atom. The molecule has 0 saturated carbocycles. The van der Waals surface area contributed by atoms with Crippen molar-refractivity contribution in [2.45, 2.75) is 6.92 Å². The van der Waals surface area contributed by atoms with Gasteiger partial charge in [-0.1, -0.05) is 0 Å². The number of fused-ring (bicyclic) bond motifs is 1. The molecule has 4 nitrogen and oxygen atoms in total. The summed E-state index contributed by atoms with van der Waals surface area (Å²) in [6.45, 7) is 2.59. The van der Waals surface area contributed by atoms with Crippen LogP contribution in [-0.2, 0) is 0 Å². The summed E-state index contributed by atoms with van der Waals surface area (Å²) in [7, 11) is 0. The summed E-state index contributed by atoms with van der Waals surface area (Å²) < 4.78 is 0. The third-order valence-electron chi connectivity index (χ3n) is 1.99. The third kappa shape index (κ3) is 0.922. The Morgan fingerprint density at radius 1 is 1.33 bits per heavy atom. The molecule has 1 aliphatic heterocycles. The minimum Gasteiger partial charge on any atom is -0.366 e. The Balaban J connectivity index is 2.56. The molecular formula is C8H9N3O. The van der Waals surface area contributed by atoms with Gasteiger partial charge in [-0.2, -0.15) is 0 Å².